The molecule has 8 rings (SSSR count). The van der Waals surface area contributed by atoms with Gasteiger partial charge in [-0.1, -0.05) is 102 Å². The SMILES string of the molecule is CCCC[C@H]1C(=O)N(C)[C@@H](CCCC)C(=O)N[C@@H](CCCNC(=N)N)C(=O)NC(C(=O)NCC(N)=O)CSCC(=O)N[C@@H](Cc2ccc(O)cc2)C(=O)N(C)[C@@H](C)C(=O)N[C@@H](CC(N)=O)C(=O)N2CCC[C@H]2C(=O)N[C@@H](CCO)C(=O)N[C@@H](CC(C)C)C(=O)N2CCC[C@H]2C(=O)N[C@@H](Cc2c[nH]c3ccccc23)C(=O)N[C@@H](CO)C(=O)N[C@@H](Cc2c[nH]c3ccccc23)C(=O)N1C. The fourth-order valence-corrected chi connectivity index (χ4v) is 17.2. The molecule has 1 unspecified atom stereocenters. The van der Waals surface area contributed by atoms with Crippen molar-refractivity contribution in [1.82, 2.24) is 93.0 Å². The van der Waals surface area contributed by atoms with E-state index in [9.17, 15) is 63.3 Å². The van der Waals surface area contributed by atoms with Crippen molar-refractivity contribution < 1.29 is 96.8 Å². The van der Waals surface area contributed by atoms with Gasteiger partial charge in [0.25, 0.3) is 0 Å². The molecule has 17 amide bonds. The number of fused-ring (bicyclic) bond motifs is 4. The van der Waals surface area contributed by atoms with Gasteiger partial charge in [0.1, 0.15) is 90.3 Å². The first-order chi connectivity index (χ1) is 62.9. The number of hydrogen-bond donors (Lipinski definition) is 20. The third-order valence-corrected chi connectivity index (χ3v) is 24.8. The molecule has 0 saturated carbocycles. The molecule has 0 spiro atoms. The van der Waals surface area contributed by atoms with E-state index < -0.39 is 235 Å². The molecule has 0 radical (unpaired) electrons. The van der Waals surface area contributed by atoms with Crippen molar-refractivity contribution >= 4 is 140 Å². The molecule has 43 heteroatoms. The Morgan fingerprint density at radius 3 is 1.55 bits per heavy atom. The fourth-order valence-electron chi connectivity index (χ4n) is 16.4. The zero-order valence-corrected chi connectivity index (χ0v) is 76.6. The number of benzene rings is 3. The maximum Gasteiger partial charge on any atom is 0.246 e. The third kappa shape index (κ3) is 29.3. The van der Waals surface area contributed by atoms with Gasteiger partial charge in [-0.05, 0) is 118 Å². The lowest BCUT2D eigenvalue weighted by Gasteiger charge is -2.36. The second-order valence-electron chi connectivity index (χ2n) is 34.0. The number of thioether (sulfide) groups is 1. The number of para-hydroxylation sites is 2. The van der Waals surface area contributed by atoms with Crippen LogP contribution in [0.3, 0.4) is 0 Å². The molecule has 2 aromatic heterocycles. The Balaban J connectivity index is 1.19. The summed E-state index contributed by atoms with van der Waals surface area (Å²) in [5.41, 5.74) is 19.5. The first kappa shape index (κ1) is 104. The van der Waals surface area contributed by atoms with Crippen molar-refractivity contribution in [2.45, 2.75) is 235 Å². The number of hydrogen-bond acceptors (Lipinski definition) is 22. The van der Waals surface area contributed by atoms with E-state index in [1.807, 2.05) is 13.8 Å². The number of nitrogens with two attached hydrogens (primary N) is 3. The molecule has 3 saturated heterocycles. The number of amides is 17. The van der Waals surface area contributed by atoms with Crippen LogP contribution in [0.4, 0.5) is 0 Å². The minimum atomic E-state index is -1.85. The van der Waals surface area contributed by atoms with Crippen LogP contribution < -0.4 is 75.7 Å². The monoisotopic (exact) mass is 1860 g/mol. The van der Waals surface area contributed by atoms with Crippen LogP contribution in [-0.4, -0.2) is 313 Å². The minimum Gasteiger partial charge on any atom is -0.508 e. The topological polar surface area (TPSA) is 633 Å². The number of carbonyl (C=O) groups excluding carboxylic acids is 17. The fraction of sp³-hybridized carbons (Fsp3) is 0.551. The Morgan fingerprint density at radius 1 is 0.508 bits per heavy atom. The molecule has 14 atom stereocenters. The minimum absolute atomic E-state index is 0.0000843. The van der Waals surface area contributed by atoms with Gasteiger partial charge in [-0.2, -0.15) is 0 Å². The Bertz CT molecular complexity index is 4930. The van der Waals surface area contributed by atoms with Crippen molar-refractivity contribution in [3.8, 4) is 5.75 Å². The summed E-state index contributed by atoms with van der Waals surface area (Å²) in [5, 5.41) is 69.9. The van der Waals surface area contributed by atoms with E-state index in [1.54, 1.807) is 74.8 Å². The number of likely N-dealkylation sites (N-methyl/N-ethyl adjacent to an activating group) is 3. The van der Waals surface area contributed by atoms with E-state index >= 15 is 33.6 Å². The average molecular weight is 1860 g/mol. The number of guanidine groups is 1. The number of aromatic nitrogens is 2. The zero-order chi connectivity index (χ0) is 96.7. The highest BCUT2D eigenvalue weighted by atomic mass is 32.2. The highest BCUT2D eigenvalue weighted by molar-refractivity contribution is 8.00. The van der Waals surface area contributed by atoms with E-state index in [0.29, 0.717) is 64.2 Å². The summed E-state index contributed by atoms with van der Waals surface area (Å²) in [6.07, 6.45) is 3.18. The molecule has 3 aliphatic heterocycles. The first-order valence-corrected chi connectivity index (χ1v) is 45.8. The number of nitrogens with one attached hydrogen (secondary N) is 14. The number of aliphatic hydroxyl groups is 2. The number of primary amides is 2. The van der Waals surface area contributed by atoms with Crippen LogP contribution in [0.1, 0.15) is 148 Å². The molecule has 0 aliphatic carbocycles. The van der Waals surface area contributed by atoms with Crippen LogP contribution in [0.2, 0.25) is 0 Å². The van der Waals surface area contributed by atoms with Crippen molar-refractivity contribution in [2.24, 2.45) is 23.1 Å². The smallest absolute Gasteiger partial charge is 0.246 e. The average Bonchev–Trinajstić information content (AvgIpc) is 1.58. The van der Waals surface area contributed by atoms with Crippen LogP contribution in [0.15, 0.2) is 85.2 Å². The summed E-state index contributed by atoms with van der Waals surface area (Å²) in [6.45, 7) is 5.87. The Kier molecular flexibility index (Phi) is 39.9. The summed E-state index contributed by atoms with van der Waals surface area (Å²) < 4.78 is 0. The van der Waals surface area contributed by atoms with Gasteiger partial charge in [0, 0.05) is 107 Å². The van der Waals surface area contributed by atoms with Crippen LogP contribution in [0.5, 0.6) is 5.75 Å². The predicted molar refractivity (Wildman–Crippen MR) is 488 cm³/mol. The molecule has 3 aromatic carbocycles. The van der Waals surface area contributed by atoms with Crippen LogP contribution >= 0.6 is 11.8 Å². The second-order valence-corrected chi connectivity index (χ2v) is 35.0. The van der Waals surface area contributed by atoms with Gasteiger partial charge in [0.15, 0.2) is 5.96 Å². The van der Waals surface area contributed by atoms with Crippen LogP contribution in [0, 0.1) is 11.3 Å². The summed E-state index contributed by atoms with van der Waals surface area (Å²) >= 11 is 0.762. The van der Waals surface area contributed by atoms with E-state index in [4.69, 9.17) is 22.6 Å². The van der Waals surface area contributed by atoms with Crippen molar-refractivity contribution in [2.75, 3.05) is 72.0 Å². The molecule has 132 heavy (non-hydrogen) atoms. The highest BCUT2D eigenvalue weighted by Crippen LogP contribution is 2.28. The number of carbonyl (C=O) groups is 17. The van der Waals surface area contributed by atoms with Gasteiger partial charge in [0.05, 0.1) is 25.3 Å². The summed E-state index contributed by atoms with van der Waals surface area (Å²) in [6, 6.07) is -1.58. The molecule has 3 fully saturated rings. The van der Waals surface area contributed by atoms with Crippen LogP contribution in [-0.2, 0) is 101 Å². The summed E-state index contributed by atoms with van der Waals surface area (Å²) in [4.78, 5) is 261. The van der Waals surface area contributed by atoms with Crippen molar-refractivity contribution in [3.05, 3.63) is 102 Å². The lowest BCUT2D eigenvalue weighted by molar-refractivity contribution is -0.149. The normalized spacial score (nSPS) is 24.5. The Morgan fingerprint density at radius 2 is 0.992 bits per heavy atom. The number of phenols is 1. The highest BCUT2D eigenvalue weighted by Gasteiger charge is 2.46. The number of nitrogens with zero attached hydrogens (tertiary/aromatic N) is 5. The van der Waals surface area contributed by atoms with E-state index in [0.717, 1.165) is 31.4 Å². The largest absolute Gasteiger partial charge is 0.508 e. The second kappa shape index (κ2) is 50.5. The van der Waals surface area contributed by atoms with Crippen LogP contribution in [0.25, 0.3) is 21.8 Å². The van der Waals surface area contributed by atoms with Crippen molar-refractivity contribution in [1.29, 1.82) is 5.41 Å². The molecule has 720 valence electrons. The van der Waals surface area contributed by atoms with Gasteiger partial charge in [-0.15, -0.1) is 11.8 Å². The number of aromatic hydroxyl groups is 1. The molecular formula is C89H128N22O20S. The number of unbranched alkanes of at least 4 members (excludes halogenated alkanes) is 2. The number of aromatic amines is 2. The molecule has 42 nitrogen and oxygen atoms in total. The molecular weight excluding hydrogens is 1730 g/mol. The number of rotatable bonds is 26. The quantitative estimate of drug-likeness (QED) is 0.0155. The maximum atomic E-state index is 15.7. The summed E-state index contributed by atoms with van der Waals surface area (Å²) in [7, 11) is 3.92. The maximum absolute atomic E-state index is 15.7. The first-order valence-electron chi connectivity index (χ1n) is 44.6. The third-order valence-electron chi connectivity index (χ3n) is 23.7. The standard InChI is InChI=1S/C89H128N22O20S/c1-9-11-25-68-81(124)99-59(24-17-34-94-89(92)93)77(120)106-67(76(119)97-45-73(91)116)47-132-48-74(117)98-63(39-51-29-31-54(114)32-30-51)84(127)107(6)50(5)75(118)102-65(42-72(90)115)87(130)111-36-18-27-69(111)82(125)100-60(33-37-112)78(121)103-62(38-49(3)4)86(129)110-35-19-28-70(110)83(126)101-61(40-52-43-95-57-22-15-13-20-55(52)57)79(122)105-66(46-113)80(123)104-64(41-53-44-96-58-23-16-14-21-56(53)58)85(128)109(8)71(26-12-10-2)88(131)108(68)7/h13-16,20-23,29-32,43-44,49-50,59-71,95-96,112-114H,9-12,17-19,24-28,33-42,45-48H2,1-8H3,(H2,90,115)(H2,91,116)(H,97,119)(H,98,117)(H,99,124)(H,100,125)(H,101,126)(H,102,118)(H,103,121)(H,104,123)(H,105,122)(H,106,120)(H4,92,93,94)/t50-,59-,60-,61-,62-,63-,64-,65-,66-,67?,68-,69-,70-,71-/m0/s1. The molecule has 3 aliphatic rings. The number of H-pyrrole nitrogens is 2. The zero-order valence-electron chi connectivity index (χ0n) is 75.8. The Hall–Kier alpha value is -12.9. The Labute approximate surface area is 769 Å². The molecule has 0 bridgehead atoms. The van der Waals surface area contributed by atoms with Gasteiger partial charge in [0.2, 0.25) is 100 Å². The summed E-state index contributed by atoms with van der Waals surface area (Å²) in [5.74, 6) is -17.6. The molecule has 5 aromatic rings. The van der Waals surface area contributed by atoms with Gasteiger partial charge in [-0.25, -0.2) is 0 Å². The number of phenolic OH excluding ortho intramolecular Hbond substituents is 1. The van der Waals surface area contributed by atoms with E-state index in [-0.39, 0.29) is 108 Å². The van der Waals surface area contributed by atoms with E-state index in [1.165, 1.54) is 57.2 Å². The number of aliphatic hydroxyl groups excluding tert-OH is 2. The molecule has 5 heterocycles. The van der Waals surface area contributed by atoms with E-state index in [2.05, 4.69) is 68.5 Å². The van der Waals surface area contributed by atoms with Gasteiger partial charge in [-0.3, -0.25) is 86.9 Å². The van der Waals surface area contributed by atoms with Gasteiger partial charge >= 0.3 is 0 Å². The van der Waals surface area contributed by atoms with Crippen molar-refractivity contribution in [3.63, 3.8) is 0 Å². The predicted octanol–water partition coefficient (Wildman–Crippen LogP) is -2.48. The molecule has 23 N–H and O–H groups in total. The lowest BCUT2D eigenvalue weighted by atomic mass is 10.00. The lowest BCUT2D eigenvalue weighted by Crippen LogP contribution is -2.61. The van der Waals surface area contributed by atoms with Gasteiger partial charge < -0.3 is 125 Å².